The van der Waals surface area contributed by atoms with Gasteiger partial charge >= 0.3 is 0 Å². The van der Waals surface area contributed by atoms with Crippen molar-refractivity contribution >= 4 is 40.5 Å². The Kier molecular flexibility index (Phi) is 5.15. The smallest absolute Gasteiger partial charge is 0.264 e. The summed E-state index contributed by atoms with van der Waals surface area (Å²) in [6.45, 7) is 0. The molecule has 1 fully saturated rings. The number of nitrogens with one attached hydrogen (secondary N) is 1. The largest absolute Gasteiger partial charge is 0.311 e. The molecular formula is C19H14N4O2S. The number of nitrogens with zero attached hydrogens (tertiary/aromatic N) is 3. The summed E-state index contributed by atoms with van der Waals surface area (Å²) < 4.78 is 0. The zero-order chi connectivity index (χ0) is 18.5. The molecule has 0 aromatic heterocycles. The second kappa shape index (κ2) is 7.68. The summed E-state index contributed by atoms with van der Waals surface area (Å²) in [5.41, 5.74) is 2.17. The molecule has 2 amide bonds. The molecule has 0 unspecified atom stereocenters. The van der Waals surface area contributed by atoms with E-state index in [1.54, 1.807) is 36.3 Å². The maximum atomic E-state index is 12.5. The van der Waals surface area contributed by atoms with E-state index in [0.29, 0.717) is 10.5 Å². The first kappa shape index (κ1) is 17.5. The minimum absolute atomic E-state index is 0.0974. The van der Waals surface area contributed by atoms with E-state index >= 15 is 0 Å². The first-order valence-electron chi connectivity index (χ1n) is 7.69. The molecule has 0 radical (unpaired) electrons. The minimum atomic E-state index is -0.288. The van der Waals surface area contributed by atoms with Crippen LogP contribution in [-0.4, -0.2) is 24.0 Å². The van der Waals surface area contributed by atoms with Gasteiger partial charge < -0.3 is 4.90 Å². The molecule has 1 N–H and O–H groups in total. The standard InChI is InChI=1S/C19H14N4O2S/c1-23(18(25)14-5-3-2-4-6-14)15-9-7-13(8-10-15)11-16-17(24)22-19(26-16)21-12-20/h2-11H,1H3,(H,21,22,24). The third-order valence-electron chi connectivity index (χ3n) is 3.71. The fraction of sp³-hybridized carbons (Fsp3) is 0.0526. The summed E-state index contributed by atoms with van der Waals surface area (Å²) in [7, 11) is 1.72. The highest BCUT2D eigenvalue weighted by atomic mass is 32.2. The lowest BCUT2D eigenvalue weighted by atomic mass is 10.1. The normalized spacial score (nSPS) is 16.4. The highest BCUT2D eigenvalue weighted by molar-refractivity contribution is 8.18. The Hall–Kier alpha value is -3.37. The van der Waals surface area contributed by atoms with Gasteiger partial charge in [0.2, 0.25) is 6.19 Å². The molecule has 0 bridgehead atoms. The zero-order valence-electron chi connectivity index (χ0n) is 13.8. The van der Waals surface area contributed by atoms with Crippen LogP contribution in [0.3, 0.4) is 0 Å². The van der Waals surface area contributed by atoms with E-state index in [1.807, 2.05) is 42.5 Å². The molecule has 2 aromatic carbocycles. The third kappa shape index (κ3) is 3.82. The van der Waals surface area contributed by atoms with Gasteiger partial charge in [-0.05, 0) is 47.7 Å². The van der Waals surface area contributed by atoms with E-state index in [9.17, 15) is 9.59 Å². The fourth-order valence-corrected chi connectivity index (χ4v) is 3.14. The Morgan fingerprint density at radius 1 is 1.19 bits per heavy atom. The minimum Gasteiger partial charge on any atom is -0.311 e. The lowest BCUT2D eigenvalue weighted by molar-refractivity contribution is -0.115. The zero-order valence-corrected chi connectivity index (χ0v) is 14.7. The van der Waals surface area contributed by atoms with E-state index in [4.69, 9.17) is 5.26 Å². The van der Waals surface area contributed by atoms with Crippen molar-refractivity contribution in [1.29, 1.82) is 5.26 Å². The van der Waals surface area contributed by atoms with Crippen molar-refractivity contribution in [3.63, 3.8) is 0 Å². The predicted octanol–water partition coefficient (Wildman–Crippen LogP) is 3.00. The van der Waals surface area contributed by atoms with E-state index in [-0.39, 0.29) is 17.0 Å². The van der Waals surface area contributed by atoms with Crippen LogP contribution in [0.5, 0.6) is 0 Å². The predicted molar refractivity (Wildman–Crippen MR) is 102 cm³/mol. The monoisotopic (exact) mass is 362 g/mol. The number of hydrogen-bond acceptors (Lipinski definition) is 5. The molecule has 128 valence electrons. The average molecular weight is 362 g/mol. The van der Waals surface area contributed by atoms with Crippen LogP contribution in [0, 0.1) is 11.5 Å². The fourth-order valence-electron chi connectivity index (χ4n) is 2.36. The van der Waals surface area contributed by atoms with E-state index in [0.717, 1.165) is 23.0 Å². The van der Waals surface area contributed by atoms with Crippen LogP contribution < -0.4 is 10.2 Å². The lowest BCUT2D eigenvalue weighted by Gasteiger charge is -2.17. The number of amides is 2. The van der Waals surface area contributed by atoms with Crippen LogP contribution in [0.25, 0.3) is 6.08 Å². The Balaban J connectivity index is 1.76. The van der Waals surface area contributed by atoms with Gasteiger partial charge in [-0.2, -0.15) is 5.26 Å². The molecule has 0 spiro atoms. The van der Waals surface area contributed by atoms with Gasteiger partial charge in [0, 0.05) is 18.3 Å². The number of amidine groups is 1. The molecule has 0 atom stereocenters. The number of hydrogen-bond donors (Lipinski definition) is 1. The maximum Gasteiger partial charge on any atom is 0.264 e. The second-order valence-electron chi connectivity index (χ2n) is 5.40. The summed E-state index contributed by atoms with van der Waals surface area (Å²) in [5.74, 6) is -0.385. The van der Waals surface area contributed by atoms with Gasteiger partial charge in [-0.15, -0.1) is 4.99 Å². The number of rotatable bonds is 3. The van der Waals surface area contributed by atoms with Crippen molar-refractivity contribution in [2.24, 2.45) is 4.99 Å². The lowest BCUT2D eigenvalue weighted by Crippen LogP contribution is -2.26. The topological polar surface area (TPSA) is 85.6 Å². The summed E-state index contributed by atoms with van der Waals surface area (Å²) in [6, 6.07) is 16.3. The molecule has 0 saturated carbocycles. The molecule has 1 saturated heterocycles. The van der Waals surface area contributed by atoms with Crippen LogP contribution in [0.1, 0.15) is 15.9 Å². The number of aliphatic imine (C=N–C) groups is 1. The number of benzene rings is 2. The first-order chi connectivity index (χ1) is 12.6. The summed E-state index contributed by atoms with van der Waals surface area (Å²) in [4.78, 5) is 29.9. The molecule has 1 aliphatic heterocycles. The van der Waals surface area contributed by atoms with Crippen molar-refractivity contribution in [3.8, 4) is 6.19 Å². The van der Waals surface area contributed by atoms with E-state index in [2.05, 4.69) is 10.3 Å². The van der Waals surface area contributed by atoms with Crippen molar-refractivity contribution < 1.29 is 9.59 Å². The Bertz CT molecular complexity index is 944. The molecular weight excluding hydrogens is 348 g/mol. The van der Waals surface area contributed by atoms with Gasteiger partial charge in [0.15, 0.2) is 5.17 Å². The van der Waals surface area contributed by atoms with E-state index in [1.165, 1.54) is 0 Å². The average Bonchev–Trinajstić information content (AvgIpc) is 3.01. The van der Waals surface area contributed by atoms with Crippen molar-refractivity contribution in [2.75, 3.05) is 11.9 Å². The number of nitriles is 1. The Morgan fingerprint density at radius 2 is 1.88 bits per heavy atom. The Labute approximate surface area is 154 Å². The highest BCUT2D eigenvalue weighted by Gasteiger charge is 2.23. The van der Waals surface area contributed by atoms with E-state index < -0.39 is 0 Å². The molecule has 1 aliphatic rings. The van der Waals surface area contributed by atoms with Gasteiger partial charge in [0.1, 0.15) is 0 Å². The van der Waals surface area contributed by atoms with Crippen molar-refractivity contribution in [1.82, 2.24) is 5.32 Å². The van der Waals surface area contributed by atoms with Gasteiger partial charge in [0.25, 0.3) is 11.8 Å². The molecule has 3 rings (SSSR count). The molecule has 7 heteroatoms. The molecule has 6 nitrogen and oxygen atoms in total. The van der Waals surface area contributed by atoms with Gasteiger partial charge in [-0.25, -0.2) is 0 Å². The summed E-state index contributed by atoms with van der Waals surface area (Å²) in [6.07, 6.45) is 3.36. The summed E-state index contributed by atoms with van der Waals surface area (Å²) in [5, 5.41) is 11.3. The van der Waals surface area contributed by atoms with Crippen LogP contribution in [0.15, 0.2) is 64.5 Å². The maximum absolute atomic E-state index is 12.5. The SMILES string of the molecule is CN(C(=O)c1ccccc1)c1ccc(C=C2SC(=NC#N)NC2=O)cc1. The van der Waals surface area contributed by atoms with Crippen LogP contribution >= 0.6 is 11.8 Å². The molecule has 0 aliphatic carbocycles. The molecule has 26 heavy (non-hydrogen) atoms. The number of thioether (sulfide) groups is 1. The quantitative estimate of drug-likeness (QED) is 0.672. The van der Waals surface area contributed by atoms with Crippen molar-refractivity contribution in [2.45, 2.75) is 0 Å². The van der Waals surface area contributed by atoms with Gasteiger partial charge in [-0.1, -0.05) is 30.3 Å². The second-order valence-corrected chi connectivity index (χ2v) is 6.43. The molecule has 1 heterocycles. The van der Waals surface area contributed by atoms with Crippen LogP contribution in [0.2, 0.25) is 0 Å². The number of carbonyl (C=O) groups excluding carboxylic acids is 2. The first-order valence-corrected chi connectivity index (χ1v) is 8.51. The highest BCUT2D eigenvalue weighted by Crippen LogP contribution is 2.26. The van der Waals surface area contributed by atoms with Crippen molar-refractivity contribution in [3.05, 3.63) is 70.6 Å². The summed E-state index contributed by atoms with van der Waals surface area (Å²) >= 11 is 1.11. The van der Waals surface area contributed by atoms with Gasteiger partial charge in [-0.3, -0.25) is 14.9 Å². The van der Waals surface area contributed by atoms with Crippen LogP contribution in [-0.2, 0) is 4.79 Å². The number of anilines is 1. The number of carbonyl (C=O) groups is 2. The Morgan fingerprint density at radius 3 is 2.54 bits per heavy atom. The van der Waals surface area contributed by atoms with Crippen LogP contribution in [0.4, 0.5) is 5.69 Å². The molecule has 2 aromatic rings. The third-order valence-corrected chi connectivity index (χ3v) is 4.62. The van der Waals surface area contributed by atoms with Gasteiger partial charge in [0.05, 0.1) is 4.91 Å².